The van der Waals surface area contributed by atoms with E-state index in [1.807, 2.05) is 24.3 Å². The maximum absolute atomic E-state index is 8.85. The molecule has 0 aliphatic rings. The predicted molar refractivity (Wildman–Crippen MR) is 78.3 cm³/mol. The number of amidine groups is 1. The molecule has 0 bridgehead atoms. The van der Waals surface area contributed by atoms with E-state index in [0.717, 1.165) is 18.2 Å². The molecule has 108 valence electrons. The molecule has 0 saturated carbocycles. The lowest BCUT2D eigenvalue weighted by Crippen LogP contribution is -2.15. The number of benzene rings is 1. The molecule has 0 amide bonds. The average Bonchev–Trinajstić information content (AvgIpc) is 2.83. The maximum atomic E-state index is 8.85. The van der Waals surface area contributed by atoms with Crippen LogP contribution in [0.4, 0.5) is 0 Å². The summed E-state index contributed by atoms with van der Waals surface area (Å²) in [4.78, 5) is 0. The molecule has 3 N–H and O–H groups in total. The van der Waals surface area contributed by atoms with Crippen molar-refractivity contribution in [2.75, 3.05) is 6.61 Å². The molecule has 2 aromatic rings. The van der Waals surface area contributed by atoms with E-state index in [9.17, 15) is 0 Å². The van der Waals surface area contributed by atoms with Crippen molar-refractivity contribution in [1.82, 2.24) is 0 Å². The van der Waals surface area contributed by atoms with Crippen LogP contribution in [-0.2, 0) is 0 Å². The molecule has 1 aromatic heterocycles. The highest BCUT2D eigenvalue weighted by molar-refractivity contribution is 6.03. The molecule has 1 heterocycles. The Morgan fingerprint density at radius 3 is 2.90 bits per heavy atom. The SMILES string of the molecule is CCCC(C)COc1c(/C(N)=N/O)oc2ccccc12. The molecule has 1 atom stereocenters. The first-order valence-corrected chi connectivity index (χ1v) is 6.79. The molecule has 0 fully saturated rings. The van der Waals surface area contributed by atoms with E-state index in [2.05, 4.69) is 19.0 Å². The van der Waals surface area contributed by atoms with Crippen LogP contribution in [0.5, 0.6) is 5.75 Å². The molecule has 5 heteroatoms. The number of nitrogens with two attached hydrogens (primary N) is 1. The van der Waals surface area contributed by atoms with Crippen LogP contribution < -0.4 is 10.5 Å². The summed E-state index contributed by atoms with van der Waals surface area (Å²) in [6.07, 6.45) is 2.21. The van der Waals surface area contributed by atoms with Gasteiger partial charge in [-0.3, -0.25) is 0 Å². The normalized spacial score (nSPS) is 13.6. The number of hydrogen-bond donors (Lipinski definition) is 2. The fourth-order valence-electron chi connectivity index (χ4n) is 2.18. The molecule has 1 aromatic carbocycles. The summed E-state index contributed by atoms with van der Waals surface area (Å²) in [5.41, 5.74) is 6.31. The summed E-state index contributed by atoms with van der Waals surface area (Å²) >= 11 is 0. The van der Waals surface area contributed by atoms with Crippen molar-refractivity contribution in [3.63, 3.8) is 0 Å². The highest BCUT2D eigenvalue weighted by atomic mass is 16.5. The molecule has 5 nitrogen and oxygen atoms in total. The Morgan fingerprint density at radius 2 is 2.20 bits per heavy atom. The Labute approximate surface area is 118 Å². The van der Waals surface area contributed by atoms with Crippen molar-refractivity contribution in [3.05, 3.63) is 30.0 Å². The van der Waals surface area contributed by atoms with E-state index in [-0.39, 0.29) is 11.6 Å². The van der Waals surface area contributed by atoms with E-state index in [0.29, 0.717) is 23.9 Å². The monoisotopic (exact) mass is 276 g/mol. The second-order valence-electron chi connectivity index (χ2n) is 4.95. The van der Waals surface area contributed by atoms with Gasteiger partial charge in [0.1, 0.15) is 5.58 Å². The third-order valence-electron chi connectivity index (χ3n) is 3.18. The van der Waals surface area contributed by atoms with Gasteiger partial charge in [0.25, 0.3) is 0 Å². The minimum Gasteiger partial charge on any atom is -0.488 e. The van der Waals surface area contributed by atoms with Crippen LogP contribution in [0.1, 0.15) is 32.4 Å². The molecule has 0 aliphatic carbocycles. The average molecular weight is 276 g/mol. The number of para-hydroxylation sites is 1. The molecule has 0 radical (unpaired) electrons. The van der Waals surface area contributed by atoms with Gasteiger partial charge >= 0.3 is 0 Å². The Hall–Kier alpha value is -2.17. The Kier molecular flexibility index (Phi) is 4.50. The fraction of sp³-hybridized carbons (Fsp3) is 0.400. The largest absolute Gasteiger partial charge is 0.488 e. The van der Waals surface area contributed by atoms with Crippen LogP contribution in [0, 0.1) is 5.92 Å². The lowest BCUT2D eigenvalue weighted by molar-refractivity contribution is 0.250. The summed E-state index contributed by atoms with van der Waals surface area (Å²) < 4.78 is 11.5. The van der Waals surface area contributed by atoms with E-state index >= 15 is 0 Å². The van der Waals surface area contributed by atoms with Gasteiger partial charge in [-0.2, -0.15) is 0 Å². The third-order valence-corrected chi connectivity index (χ3v) is 3.18. The lowest BCUT2D eigenvalue weighted by atomic mass is 10.1. The van der Waals surface area contributed by atoms with Crippen molar-refractivity contribution in [2.24, 2.45) is 16.8 Å². The number of hydrogen-bond acceptors (Lipinski definition) is 4. The maximum Gasteiger partial charge on any atom is 0.215 e. The van der Waals surface area contributed by atoms with Gasteiger partial charge in [-0.05, 0) is 24.5 Å². The smallest absolute Gasteiger partial charge is 0.215 e. The quantitative estimate of drug-likeness (QED) is 0.367. The van der Waals surface area contributed by atoms with E-state index < -0.39 is 0 Å². The van der Waals surface area contributed by atoms with Crippen LogP contribution >= 0.6 is 0 Å². The highest BCUT2D eigenvalue weighted by Gasteiger charge is 2.19. The Bertz CT molecular complexity index is 604. The minimum absolute atomic E-state index is 0.0839. The predicted octanol–water partition coefficient (Wildman–Crippen LogP) is 3.34. The second-order valence-corrected chi connectivity index (χ2v) is 4.95. The lowest BCUT2D eigenvalue weighted by Gasteiger charge is -2.12. The zero-order chi connectivity index (χ0) is 14.5. The Morgan fingerprint density at radius 1 is 1.45 bits per heavy atom. The minimum atomic E-state index is -0.0839. The van der Waals surface area contributed by atoms with Crippen molar-refractivity contribution in [1.29, 1.82) is 0 Å². The number of furan rings is 1. The number of nitrogens with zero attached hydrogens (tertiary/aromatic N) is 1. The second kappa shape index (κ2) is 6.32. The fourth-order valence-corrected chi connectivity index (χ4v) is 2.18. The molecular weight excluding hydrogens is 256 g/mol. The first kappa shape index (κ1) is 14.2. The molecule has 0 saturated heterocycles. The van der Waals surface area contributed by atoms with Crippen LogP contribution in [0.3, 0.4) is 0 Å². The third kappa shape index (κ3) is 2.87. The van der Waals surface area contributed by atoms with Crippen LogP contribution in [-0.4, -0.2) is 17.6 Å². The van der Waals surface area contributed by atoms with Crippen LogP contribution in [0.15, 0.2) is 33.8 Å². The number of rotatable bonds is 6. The van der Waals surface area contributed by atoms with Gasteiger partial charge in [-0.1, -0.05) is 37.6 Å². The number of oxime groups is 1. The van der Waals surface area contributed by atoms with Gasteiger partial charge in [0.15, 0.2) is 5.75 Å². The summed E-state index contributed by atoms with van der Waals surface area (Å²) in [7, 11) is 0. The van der Waals surface area contributed by atoms with E-state index in [4.69, 9.17) is 20.1 Å². The first-order chi connectivity index (χ1) is 9.67. The van der Waals surface area contributed by atoms with Crippen molar-refractivity contribution < 1.29 is 14.4 Å². The van der Waals surface area contributed by atoms with Gasteiger partial charge in [-0.25, -0.2) is 0 Å². The topological polar surface area (TPSA) is 81.0 Å². The van der Waals surface area contributed by atoms with Gasteiger partial charge in [0.05, 0.1) is 12.0 Å². The molecular formula is C15H20N2O3. The van der Waals surface area contributed by atoms with E-state index in [1.54, 1.807) is 0 Å². The van der Waals surface area contributed by atoms with Crippen LogP contribution in [0.2, 0.25) is 0 Å². The van der Waals surface area contributed by atoms with Gasteiger partial charge in [-0.15, -0.1) is 0 Å². The zero-order valence-electron chi connectivity index (χ0n) is 11.8. The molecule has 1 unspecified atom stereocenters. The first-order valence-electron chi connectivity index (χ1n) is 6.79. The van der Waals surface area contributed by atoms with Crippen molar-refractivity contribution in [3.8, 4) is 5.75 Å². The molecule has 0 aliphatic heterocycles. The van der Waals surface area contributed by atoms with Gasteiger partial charge in [0, 0.05) is 0 Å². The van der Waals surface area contributed by atoms with Crippen LogP contribution in [0.25, 0.3) is 11.0 Å². The highest BCUT2D eigenvalue weighted by Crippen LogP contribution is 2.33. The molecule has 0 spiro atoms. The van der Waals surface area contributed by atoms with Gasteiger partial charge in [0.2, 0.25) is 11.6 Å². The molecule has 2 rings (SSSR count). The number of ether oxygens (including phenoxy) is 1. The summed E-state index contributed by atoms with van der Waals surface area (Å²) in [5, 5.41) is 12.7. The zero-order valence-corrected chi connectivity index (χ0v) is 11.8. The standard InChI is InChI=1S/C15H20N2O3/c1-3-6-10(2)9-19-13-11-7-4-5-8-12(11)20-14(13)15(16)17-18/h4-5,7-8,10,18H,3,6,9H2,1-2H3,(H2,16,17). The Balaban J connectivity index is 2.33. The van der Waals surface area contributed by atoms with Crippen molar-refractivity contribution >= 4 is 16.8 Å². The summed E-state index contributed by atoms with van der Waals surface area (Å²) in [6, 6.07) is 7.49. The summed E-state index contributed by atoms with van der Waals surface area (Å²) in [6.45, 7) is 4.85. The van der Waals surface area contributed by atoms with Gasteiger partial charge < -0.3 is 20.1 Å². The number of fused-ring (bicyclic) bond motifs is 1. The van der Waals surface area contributed by atoms with Crippen molar-refractivity contribution in [2.45, 2.75) is 26.7 Å². The van der Waals surface area contributed by atoms with E-state index in [1.165, 1.54) is 0 Å². The summed E-state index contributed by atoms with van der Waals surface area (Å²) in [5.74, 6) is 1.17. The molecule has 20 heavy (non-hydrogen) atoms.